The van der Waals surface area contributed by atoms with Crippen molar-refractivity contribution in [2.24, 2.45) is 0 Å². The van der Waals surface area contributed by atoms with Gasteiger partial charge in [-0.25, -0.2) is 0 Å². The third-order valence-electron chi connectivity index (χ3n) is 4.54. The molecule has 1 saturated heterocycles. The van der Waals surface area contributed by atoms with Crippen LogP contribution in [0.5, 0.6) is 0 Å². The number of nitrogens with one attached hydrogen (secondary N) is 1. The standard InChI is InChI=1S/C19H20Cl3N3O/c1-13(19(26)23-17-10-15(21)9-16(22)11-17)24-5-7-25(8-6-24)18-4-2-3-14(20)12-18/h2-4,9-13H,5-8H2,1H3,(H,23,26)/t13-/m1/s1. The van der Waals surface area contributed by atoms with Gasteiger partial charge in [-0.3, -0.25) is 9.69 Å². The lowest BCUT2D eigenvalue weighted by molar-refractivity contribution is -0.120. The number of hydrogen-bond acceptors (Lipinski definition) is 3. The average molecular weight is 413 g/mol. The number of benzene rings is 2. The average Bonchev–Trinajstić information content (AvgIpc) is 2.60. The van der Waals surface area contributed by atoms with Crippen LogP contribution in [0.2, 0.25) is 15.1 Å². The largest absolute Gasteiger partial charge is 0.369 e. The number of halogens is 3. The van der Waals surface area contributed by atoms with E-state index in [4.69, 9.17) is 34.8 Å². The van der Waals surface area contributed by atoms with Gasteiger partial charge in [0.25, 0.3) is 0 Å². The van der Waals surface area contributed by atoms with E-state index in [0.29, 0.717) is 15.7 Å². The van der Waals surface area contributed by atoms with E-state index in [1.54, 1.807) is 18.2 Å². The summed E-state index contributed by atoms with van der Waals surface area (Å²) >= 11 is 18.0. The van der Waals surface area contributed by atoms with Crippen molar-refractivity contribution >= 4 is 52.1 Å². The minimum absolute atomic E-state index is 0.0699. The summed E-state index contributed by atoms with van der Waals surface area (Å²) < 4.78 is 0. The van der Waals surface area contributed by atoms with Gasteiger partial charge < -0.3 is 10.2 Å². The van der Waals surface area contributed by atoms with E-state index in [1.165, 1.54) is 0 Å². The maximum Gasteiger partial charge on any atom is 0.241 e. The van der Waals surface area contributed by atoms with Crippen LogP contribution in [0, 0.1) is 0 Å². The van der Waals surface area contributed by atoms with Crippen molar-refractivity contribution in [3.8, 4) is 0 Å². The molecule has 1 heterocycles. The number of piperazine rings is 1. The zero-order valence-electron chi connectivity index (χ0n) is 14.4. The first-order valence-electron chi connectivity index (χ1n) is 8.44. The Morgan fingerprint density at radius 1 is 0.962 bits per heavy atom. The molecular formula is C19H20Cl3N3O. The van der Waals surface area contributed by atoms with Crippen LogP contribution in [0.3, 0.4) is 0 Å². The third kappa shape index (κ3) is 4.83. The summed E-state index contributed by atoms with van der Waals surface area (Å²) in [6.07, 6.45) is 0. The van der Waals surface area contributed by atoms with E-state index in [-0.39, 0.29) is 11.9 Å². The van der Waals surface area contributed by atoms with Gasteiger partial charge in [-0.15, -0.1) is 0 Å². The Hall–Kier alpha value is -1.46. The van der Waals surface area contributed by atoms with Gasteiger partial charge in [0.05, 0.1) is 6.04 Å². The lowest BCUT2D eigenvalue weighted by Crippen LogP contribution is -2.52. The molecule has 0 radical (unpaired) electrons. The molecule has 2 aromatic rings. The van der Waals surface area contributed by atoms with Gasteiger partial charge in [0, 0.05) is 52.6 Å². The van der Waals surface area contributed by atoms with E-state index in [1.807, 2.05) is 25.1 Å². The van der Waals surface area contributed by atoms with Crippen molar-refractivity contribution in [3.63, 3.8) is 0 Å². The molecular weight excluding hydrogens is 393 g/mol. The Labute approximate surface area is 168 Å². The van der Waals surface area contributed by atoms with Crippen LogP contribution in [-0.2, 0) is 4.79 Å². The summed E-state index contributed by atoms with van der Waals surface area (Å²) in [5.74, 6) is -0.0699. The molecule has 2 aromatic carbocycles. The molecule has 0 aromatic heterocycles. The molecule has 1 N–H and O–H groups in total. The Morgan fingerprint density at radius 3 is 2.23 bits per heavy atom. The van der Waals surface area contributed by atoms with Crippen molar-refractivity contribution < 1.29 is 4.79 Å². The van der Waals surface area contributed by atoms with Gasteiger partial charge in [-0.2, -0.15) is 0 Å². The van der Waals surface area contributed by atoms with Gasteiger partial charge in [-0.1, -0.05) is 40.9 Å². The molecule has 0 unspecified atom stereocenters. The van der Waals surface area contributed by atoms with Gasteiger partial charge in [0.2, 0.25) is 5.91 Å². The van der Waals surface area contributed by atoms with Gasteiger partial charge >= 0.3 is 0 Å². The molecule has 4 nitrogen and oxygen atoms in total. The second-order valence-electron chi connectivity index (χ2n) is 6.33. The minimum atomic E-state index is -0.241. The van der Waals surface area contributed by atoms with Crippen LogP contribution in [-0.4, -0.2) is 43.0 Å². The maximum absolute atomic E-state index is 12.6. The predicted molar refractivity (Wildman–Crippen MR) is 110 cm³/mol. The Bertz CT molecular complexity index is 771. The second kappa shape index (κ2) is 8.49. The van der Waals surface area contributed by atoms with E-state index < -0.39 is 0 Å². The summed E-state index contributed by atoms with van der Waals surface area (Å²) in [6.45, 7) is 5.22. The molecule has 1 atom stereocenters. The highest BCUT2D eigenvalue weighted by molar-refractivity contribution is 6.35. The first-order valence-corrected chi connectivity index (χ1v) is 9.57. The van der Waals surface area contributed by atoms with Gasteiger partial charge in [-0.05, 0) is 43.3 Å². The predicted octanol–water partition coefficient (Wildman–Crippen LogP) is 4.80. The highest BCUT2D eigenvalue weighted by Crippen LogP contribution is 2.24. The van der Waals surface area contributed by atoms with Gasteiger partial charge in [0.15, 0.2) is 0 Å². The smallest absolute Gasteiger partial charge is 0.241 e. The molecule has 1 fully saturated rings. The Morgan fingerprint density at radius 2 is 1.62 bits per heavy atom. The normalized spacial score (nSPS) is 16.4. The van der Waals surface area contributed by atoms with Crippen molar-refractivity contribution in [2.75, 3.05) is 36.4 Å². The number of carbonyl (C=O) groups is 1. The van der Waals surface area contributed by atoms with Crippen LogP contribution >= 0.6 is 34.8 Å². The van der Waals surface area contributed by atoms with E-state index in [2.05, 4.69) is 21.2 Å². The SMILES string of the molecule is C[C@H](C(=O)Nc1cc(Cl)cc(Cl)c1)N1CCN(c2cccc(Cl)c2)CC1. The number of hydrogen-bond donors (Lipinski definition) is 1. The maximum atomic E-state index is 12.6. The number of carbonyl (C=O) groups excluding carboxylic acids is 1. The highest BCUT2D eigenvalue weighted by Gasteiger charge is 2.26. The molecule has 0 saturated carbocycles. The van der Waals surface area contributed by atoms with Crippen LogP contribution < -0.4 is 10.2 Å². The summed E-state index contributed by atoms with van der Waals surface area (Å²) in [5, 5.41) is 4.62. The fraction of sp³-hybridized carbons (Fsp3) is 0.316. The molecule has 0 bridgehead atoms. The molecule has 3 rings (SSSR count). The van der Waals surface area contributed by atoms with Crippen molar-refractivity contribution in [3.05, 3.63) is 57.5 Å². The monoisotopic (exact) mass is 411 g/mol. The number of anilines is 2. The fourth-order valence-corrected chi connectivity index (χ4v) is 3.79. The Balaban J connectivity index is 1.57. The minimum Gasteiger partial charge on any atom is -0.369 e. The number of nitrogens with zero attached hydrogens (tertiary/aromatic N) is 2. The topological polar surface area (TPSA) is 35.6 Å². The summed E-state index contributed by atoms with van der Waals surface area (Å²) in [7, 11) is 0. The molecule has 0 spiro atoms. The summed E-state index contributed by atoms with van der Waals surface area (Å²) in [6, 6.07) is 12.6. The quantitative estimate of drug-likeness (QED) is 0.784. The molecule has 1 aliphatic heterocycles. The van der Waals surface area contributed by atoms with E-state index >= 15 is 0 Å². The summed E-state index contributed by atoms with van der Waals surface area (Å²) in [5.41, 5.74) is 1.72. The van der Waals surface area contributed by atoms with Crippen molar-refractivity contribution in [2.45, 2.75) is 13.0 Å². The molecule has 138 valence electrons. The molecule has 0 aliphatic carbocycles. The van der Waals surface area contributed by atoms with Crippen LogP contribution in [0.4, 0.5) is 11.4 Å². The van der Waals surface area contributed by atoms with E-state index in [9.17, 15) is 4.79 Å². The number of rotatable bonds is 4. The van der Waals surface area contributed by atoms with Crippen LogP contribution in [0.1, 0.15) is 6.92 Å². The zero-order valence-corrected chi connectivity index (χ0v) is 16.7. The molecule has 7 heteroatoms. The molecule has 1 aliphatic rings. The summed E-state index contributed by atoms with van der Waals surface area (Å²) in [4.78, 5) is 17.0. The fourth-order valence-electron chi connectivity index (χ4n) is 3.08. The van der Waals surface area contributed by atoms with Crippen LogP contribution in [0.25, 0.3) is 0 Å². The lowest BCUT2D eigenvalue weighted by atomic mass is 10.2. The highest BCUT2D eigenvalue weighted by atomic mass is 35.5. The van der Waals surface area contributed by atoms with Crippen LogP contribution in [0.15, 0.2) is 42.5 Å². The van der Waals surface area contributed by atoms with Crippen molar-refractivity contribution in [1.82, 2.24) is 4.90 Å². The lowest BCUT2D eigenvalue weighted by Gasteiger charge is -2.38. The third-order valence-corrected chi connectivity index (χ3v) is 5.22. The van der Waals surface area contributed by atoms with Crippen molar-refractivity contribution in [1.29, 1.82) is 0 Å². The molecule has 1 amide bonds. The van der Waals surface area contributed by atoms with Gasteiger partial charge in [0.1, 0.15) is 0 Å². The zero-order chi connectivity index (χ0) is 18.7. The van der Waals surface area contributed by atoms with E-state index in [0.717, 1.165) is 36.9 Å². The first kappa shape index (κ1) is 19.3. The molecule has 26 heavy (non-hydrogen) atoms. The first-order chi connectivity index (χ1) is 12.4. The Kier molecular flexibility index (Phi) is 6.30. The number of amides is 1. The second-order valence-corrected chi connectivity index (χ2v) is 7.64.